The van der Waals surface area contributed by atoms with Gasteiger partial charge in [0.05, 0.1) is 17.4 Å². The van der Waals surface area contributed by atoms with Gasteiger partial charge < -0.3 is 9.72 Å². The molecule has 3 heterocycles. The second-order valence-corrected chi connectivity index (χ2v) is 7.53. The molecule has 0 saturated carbocycles. The van der Waals surface area contributed by atoms with E-state index >= 15 is 0 Å². The number of carbonyl (C=O) groups excluding carboxylic acids is 1. The molecule has 0 aliphatic carbocycles. The number of fused-ring (bicyclic) bond motifs is 2. The van der Waals surface area contributed by atoms with Crippen molar-refractivity contribution in [3.8, 4) is 11.3 Å². The van der Waals surface area contributed by atoms with Gasteiger partial charge in [0, 0.05) is 29.2 Å². The molecule has 5 aromatic rings. The van der Waals surface area contributed by atoms with Crippen LogP contribution in [-0.2, 0) is 0 Å². The number of pyridine rings is 1. The molecule has 142 valence electrons. The zero-order chi connectivity index (χ0) is 20.0. The van der Waals surface area contributed by atoms with Crippen LogP contribution in [0.3, 0.4) is 0 Å². The minimum Gasteiger partial charge on any atom is -0.322 e. The number of amides is 1. The van der Waals surface area contributed by atoms with Crippen LogP contribution < -0.4 is 5.32 Å². The molecule has 2 aromatic carbocycles. The molecule has 3 aromatic heterocycles. The van der Waals surface area contributed by atoms with Gasteiger partial charge in [-0.3, -0.25) is 4.79 Å². The van der Waals surface area contributed by atoms with Gasteiger partial charge in [-0.2, -0.15) is 8.75 Å². The molecule has 0 fully saturated rings. The third-order valence-corrected chi connectivity index (χ3v) is 5.53. The van der Waals surface area contributed by atoms with Gasteiger partial charge in [-0.05, 0) is 55.3 Å². The van der Waals surface area contributed by atoms with E-state index in [0.29, 0.717) is 5.56 Å². The highest BCUT2D eigenvalue weighted by Crippen LogP contribution is 2.26. The SMILES string of the molecule is Cc1ccc(-c2cn3cccc(C)c3n2)cc1NC(=O)c1ccc2nsnc2c1. The summed E-state index contributed by atoms with van der Waals surface area (Å²) in [4.78, 5) is 17.5. The lowest BCUT2D eigenvalue weighted by Crippen LogP contribution is -2.12. The molecule has 0 aliphatic rings. The molecule has 0 atom stereocenters. The van der Waals surface area contributed by atoms with Crippen molar-refractivity contribution in [2.24, 2.45) is 0 Å². The van der Waals surface area contributed by atoms with Gasteiger partial charge in [0.2, 0.25) is 0 Å². The summed E-state index contributed by atoms with van der Waals surface area (Å²) in [5.74, 6) is -0.175. The molecular weight excluding hydrogens is 382 g/mol. The Morgan fingerprint density at radius 2 is 1.86 bits per heavy atom. The first-order chi connectivity index (χ1) is 14.1. The summed E-state index contributed by atoms with van der Waals surface area (Å²) in [5, 5.41) is 3.02. The Morgan fingerprint density at radius 1 is 1.00 bits per heavy atom. The number of rotatable bonds is 3. The van der Waals surface area contributed by atoms with Gasteiger partial charge in [-0.15, -0.1) is 0 Å². The van der Waals surface area contributed by atoms with E-state index in [1.807, 2.05) is 67.0 Å². The van der Waals surface area contributed by atoms with E-state index in [0.717, 1.165) is 56.5 Å². The fraction of sp³-hybridized carbons (Fsp3) is 0.0909. The van der Waals surface area contributed by atoms with Crippen LogP contribution in [0.15, 0.2) is 60.9 Å². The fourth-order valence-electron chi connectivity index (χ4n) is 3.33. The van der Waals surface area contributed by atoms with Gasteiger partial charge in [0.25, 0.3) is 5.91 Å². The molecule has 6 nitrogen and oxygen atoms in total. The summed E-state index contributed by atoms with van der Waals surface area (Å²) in [6.45, 7) is 4.02. The quantitative estimate of drug-likeness (QED) is 0.470. The summed E-state index contributed by atoms with van der Waals surface area (Å²) in [7, 11) is 0. The van der Waals surface area contributed by atoms with Crippen molar-refractivity contribution in [3.05, 3.63) is 77.6 Å². The van der Waals surface area contributed by atoms with Crippen LogP contribution in [0.25, 0.3) is 27.9 Å². The summed E-state index contributed by atoms with van der Waals surface area (Å²) >= 11 is 1.14. The van der Waals surface area contributed by atoms with Gasteiger partial charge in [0.15, 0.2) is 0 Å². The lowest BCUT2D eigenvalue weighted by Gasteiger charge is -2.10. The summed E-state index contributed by atoms with van der Waals surface area (Å²) in [6.07, 6.45) is 3.99. The van der Waals surface area contributed by atoms with Crippen LogP contribution in [0, 0.1) is 13.8 Å². The molecule has 1 N–H and O–H groups in total. The molecule has 0 aliphatic heterocycles. The van der Waals surface area contributed by atoms with E-state index in [4.69, 9.17) is 4.98 Å². The lowest BCUT2D eigenvalue weighted by atomic mass is 10.1. The number of nitrogens with one attached hydrogen (secondary N) is 1. The first-order valence-corrected chi connectivity index (χ1v) is 9.90. The summed E-state index contributed by atoms with van der Waals surface area (Å²) in [6, 6.07) is 15.4. The largest absolute Gasteiger partial charge is 0.322 e. The molecule has 0 radical (unpaired) electrons. The van der Waals surface area contributed by atoms with Crippen molar-refractivity contribution < 1.29 is 4.79 Å². The van der Waals surface area contributed by atoms with Gasteiger partial charge >= 0.3 is 0 Å². The maximum Gasteiger partial charge on any atom is 0.255 e. The number of anilines is 1. The molecule has 0 bridgehead atoms. The molecular formula is C22H17N5OS. The number of aryl methyl sites for hydroxylation is 2. The Bertz CT molecular complexity index is 1380. The van der Waals surface area contributed by atoms with Crippen LogP contribution in [-0.4, -0.2) is 24.0 Å². The number of hydrogen-bond acceptors (Lipinski definition) is 5. The Balaban J connectivity index is 1.48. The van der Waals surface area contributed by atoms with E-state index in [1.165, 1.54) is 0 Å². The zero-order valence-electron chi connectivity index (χ0n) is 15.9. The topological polar surface area (TPSA) is 72.2 Å². The van der Waals surface area contributed by atoms with Crippen molar-refractivity contribution in [2.75, 3.05) is 5.32 Å². The first kappa shape index (κ1) is 17.5. The summed E-state index contributed by atoms with van der Waals surface area (Å²) in [5.41, 5.74) is 7.69. The highest BCUT2D eigenvalue weighted by atomic mass is 32.1. The maximum absolute atomic E-state index is 12.8. The lowest BCUT2D eigenvalue weighted by molar-refractivity contribution is 0.102. The average Bonchev–Trinajstić information content (AvgIpc) is 3.36. The number of imidazole rings is 1. The minimum atomic E-state index is -0.175. The molecule has 0 spiro atoms. The second kappa shape index (κ2) is 6.79. The van der Waals surface area contributed by atoms with Gasteiger partial charge in [-0.25, -0.2) is 4.98 Å². The van der Waals surface area contributed by atoms with Gasteiger partial charge in [0.1, 0.15) is 16.7 Å². The standard InChI is InChI=1S/C22H17N5OS/c1-13-5-6-15(20-12-27-9-3-4-14(2)21(27)23-20)10-18(13)24-22(28)16-7-8-17-19(11-16)26-29-25-17/h3-12H,1-2H3,(H,24,28). The van der Waals surface area contributed by atoms with Crippen LogP contribution in [0.1, 0.15) is 21.5 Å². The summed E-state index contributed by atoms with van der Waals surface area (Å²) < 4.78 is 10.4. The number of benzene rings is 2. The number of carbonyl (C=O) groups is 1. The Morgan fingerprint density at radius 3 is 2.72 bits per heavy atom. The monoisotopic (exact) mass is 399 g/mol. The smallest absolute Gasteiger partial charge is 0.255 e. The molecule has 29 heavy (non-hydrogen) atoms. The van der Waals surface area contributed by atoms with Crippen molar-refractivity contribution in [2.45, 2.75) is 13.8 Å². The third-order valence-electron chi connectivity index (χ3n) is 4.98. The van der Waals surface area contributed by atoms with Crippen LogP contribution in [0.2, 0.25) is 0 Å². The molecule has 5 rings (SSSR count). The number of hydrogen-bond donors (Lipinski definition) is 1. The van der Waals surface area contributed by atoms with E-state index in [-0.39, 0.29) is 5.91 Å². The van der Waals surface area contributed by atoms with E-state index < -0.39 is 0 Å². The molecule has 7 heteroatoms. The highest BCUT2D eigenvalue weighted by molar-refractivity contribution is 7.00. The normalized spacial score (nSPS) is 11.2. The van der Waals surface area contributed by atoms with Crippen LogP contribution >= 0.6 is 11.7 Å². The van der Waals surface area contributed by atoms with E-state index in [9.17, 15) is 4.79 Å². The zero-order valence-corrected chi connectivity index (χ0v) is 16.7. The number of nitrogens with zero attached hydrogens (tertiary/aromatic N) is 4. The third kappa shape index (κ3) is 3.15. The first-order valence-electron chi connectivity index (χ1n) is 9.17. The second-order valence-electron chi connectivity index (χ2n) is 7.00. The molecule has 0 saturated heterocycles. The Hall–Kier alpha value is -3.58. The van der Waals surface area contributed by atoms with E-state index in [1.54, 1.807) is 12.1 Å². The molecule has 1 amide bonds. The van der Waals surface area contributed by atoms with Crippen molar-refractivity contribution >= 4 is 40.0 Å². The molecule has 0 unspecified atom stereocenters. The van der Waals surface area contributed by atoms with Crippen LogP contribution in [0.5, 0.6) is 0 Å². The van der Waals surface area contributed by atoms with Crippen molar-refractivity contribution in [3.63, 3.8) is 0 Å². The van der Waals surface area contributed by atoms with Crippen LogP contribution in [0.4, 0.5) is 5.69 Å². The number of aromatic nitrogens is 4. The predicted molar refractivity (Wildman–Crippen MR) is 115 cm³/mol. The van der Waals surface area contributed by atoms with E-state index in [2.05, 4.69) is 14.1 Å². The minimum absolute atomic E-state index is 0.175. The Kier molecular flexibility index (Phi) is 4.10. The fourth-order valence-corrected chi connectivity index (χ4v) is 3.84. The van der Waals surface area contributed by atoms with Crippen molar-refractivity contribution in [1.29, 1.82) is 0 Å². The van der Waals surface area contributed by atoms with Gasteiger partial charge in [-0.1, -0.05) is 18.2 Å². The highest BCUT2D eigenvalue weighted by Gasteiger charge is 2.12. The van der Waals surface area contributed by atoms with Crippen molar-refractivity contribution in [1.82, 2.24) is 18.1 Å². The maximum atomic E-state index is 12.8. The Labute approximate surface area is 171 Å². The average molecular weight is 399 g/mol. The predicted octanol–water partition coefficient (Wildman–Crippen LogP) is 4.88.